The Hall–Kier alpha value is -0.0800. The van der Waals surface area contributed by atoms with Crippen molar-refractivity contribution in [3.05, 3.63) is 0 Å². The fourth-order valence-corrected chi connectivity index (χ4v) is 2.38. The van der Waals surface area contributed by atoms with Crippen LogP contribution in [0.25, 0.3) is 0 Å². The van der Waals surface area contributed by atoms with Crippen LogP contribution < -0.4 is 5.32 Å². The van der Waals surface area contributed by atoms with E-state index in [1.165, 1.54) is 25.9 Å². The van der Waals surface area contributed by atoms with Crippen LogP contribution in [-0.2, 0) is 0 Å². The highest BCUT2D eigenvalue weighted by Crippen LogP contribution is 2.29. The Bertz CT molecular complexity index is 187. The van der Waals surface area contributed by atoms with Gasteiger partial charge in [-0.2, -0.15) is 0 Å². The molecule has 0 aliphatic carbocycles. The molecule has 0 saturated carbocycles. The molecule has 1 atom stereocenters. The summed E-state index contributed by atoms with van der Waals surface area (Å²) in [7, 11) is 0. The number of piperidine rings is 1. The first-order valence-corrected chi connectivity index (χ1v) is 6.38. The van der Waals surface area contributed by atoms with E-state index in [2.05, 4.69) is 44.8 Å². The van der Waals surface area contributed by atoms with E-state index < -0.39 is 0 Å². The normalized spacial score (nSPS) is 24.4. The second-order valence-corrected chi connectivity index (χ2v) is 6.15. The zero-order chi connectivity index (χ0) is 11.5. The zero-order valence-electron chi connectivity index (χ0n) is 11.1. The van der Waals surface area contributed by atoms with Crippen molar-refractivity contribution in [2.75, 3.05) is 19.6 Å². The van der Waals surface area contributed by atoms with Gasteiger partial charge in [-0.1, -0.05) is 27.7 Å². The van der Waals surface area contributed by atoms with Crippen molar-refractivity contribution < 1.29 is 0 Å². The minimum Gasteiger partial charge on any atom is -0.313 e. The number of nitrogens with one attached hydrogen (secondary N) is 1. The Balaban J connectivity index is 2.35. The van der Waals surface area contributed by atoms with Gasteiger partial charge in [-0.3, -0.25) is 4.90 Å². The topological polar surface area (TPSA) is 15.3 Å². The molecule has 0 aromatic rings. The van der Waals surface area contributed by atoms with E-state index in [0.29, 0.717) is 17.5 Å². The molecule has 1 saturated heterocycles. The van der Waals surface area contributed by atoms with Crippen molar-refractivity contribution in [2.45, 2.75) is 59.5 Å². The van der Waals surface area contributed by atoms with E-state index in [4.69, 9.17) is 0 Å². The van der Waals surface area contributed by atoms with Gasteiger partial charge < -0.3 is 5.32 Å². The van der Waals surface area contributed by atoms with Crippen molar-refractivity contribution in [3.8, 4) is 0 Å². The van der Waals surface area contributed by atoms with Gasteiger partial charge in [-0.05, 0) is 31.7 Å². The lowest BCUT2D eigenvalue weighted by Gasteiger charge is -2.41. The maximum atomic E-state index is 3.53. The Morgan fingerprint density at radius 2 is 1.93 bits per heavy atom. The van der Waals surface area contributed by atoms with Crippen molar-refractivity contribution in [1.29, 1.82) is 0 Å². The molecular weight excluding hydrogens is 184 g/mol. The number of nitrogens with zero attached hydrogens (tertiary/aromatic N) is 1. The predicted octanol–water partition coefficient (Wildman–Crippen LogP) is 2.49. The molecule has 0 amide bonds. The average Bonchev–Trinajstić information content (AvgIpc) is 2.12. The predicted molar refractivity (Wildman–Crippen MR) is 67.2 cm³/mol. The highest BCUT2D eigenvalue weighted by Gasteiger charge is 2.28. The van der Waals surface area contributed by atoms with Crippen molar-refractivity contribution in [2.24, 2.45) is 5.41 Å². The number of hydrogen-bond acceptors (Lipinski definition) is 2. The summed E-state index contributed by atoms with van der Waals surface area (Å²) in [6, 6.07) is 1.28. The van der Waals surface area contributed by atoms with Crippen LogP contribution in [0.1, 0.15) is 47.5 Å². The van der Waals surface area contributed by atoms with Crippen molar-refractivity contribution in [1.82, 2.24) is 10.2 Å². The van der Waals surface area contributed by atoms with E-state index in [1.54, 1.807) is 0 Å². The molecule has 1 aliphatic heterocycles. The SMILES string of the molecule is CC(C)NCC(C)N1CCCC(C)(C)C1. The molecular formula is C13H28N2. The van der Waals surface area contributed by atoms with E-state index >= 15 is 0 Å². The zero-order valence-corrected chi connectivity index (χ0v) is 11.1. The third-order valence-corrected chi connectivity index (χ3v) is 3.37. The highest BCUT2D eigenvalue weighted by atomic mass is 15.2. The Morgan fingerprint density at radius 1 is 1.27 bits per heavy atom. The molecule has 0 bridgehead atoms. The Labute approximate surface area is 95.4 Å². The van der Waals surface area contributed by atoms with Crippen LogP contribution in [0.4, 0.5) is 0 Å². The smallest absolute Gasteiger partial charge is 0.0192 e. The molecule has 1 heterocycles. The summed E-state index contributed by atoms with van der Waals surface area (Å²) in [5, 5.41) is 3.53. The van der Waals surface area contributed by atoms with Gasteiger partial charge in [0.2, 0.25) is 0 Å². The molecule has 0 radical (unpaired) electrons. The highest BCUT2D eigenvalue weighted by molar-refractivity contribution is 4.83. The lowest BCUT2D eigenvalue weighted by molar-refractivity contribution is 0.0835. The van der Waals surface area contributed by atoms with Gasteiger partial charge in [0.15, 0.2) is 0 Å². The molecule has 2 heteroatoms. The second kappa shape index (κ2) is 5.31. The first-order valence-electron chi connectivity index (χ1n) is 6.38. The van der Waals surface area contributed by atoms with Gasteiger partial charge in [0.05, 0.1) is 0 Å². The first-order chi connectivity index (χ1) is 6.91. The summed E-state index contributed by atoms with van der Waals surface area (Å²) in [5.74, 6) is 0. The first kappa shape index (κ1) is 13.0. The largest absolute Gasteiger partial charge is 0.313 e. The summed E-state index contributed by atoms with van der Waals surface area (Å²) in [4.78, 5) is 2.64. The van der Waals surface area contributed by atoms with Gasteiger partial charge in [-0.15, -0.1) is 0 Å². The van der Waals surface area contributed by atoms with Crippen LogP contribution in [0, 0.1) is 5.41 Å². The minimum absolute atomic E-state index is 0.518. The lowest BCUT2D eigenvalue weighted by Crippen LogP contribution is -2.48. The standard InChI is InChI=1S/C13H28N2/c1-11(2)14-9-12(3)15-8-6-7-13(4,5)10-15/h11-12,14H,6-10H2,1-5H3. The Kier molecular flexibility index (Phi) is 4.60. The monoisotopic (exact) mass is 212 g/mol. The number of likely N-dealkylation sites (tertiary alicyclic amines) is 1. The summed E-state index contributed by atoms with van der Waals surface area (Å²) in [6.07, 6.45) is 2.74. The maximum Gasteiger partial charge on any atom is 0.0192 e. The average molecular weight is 212 g/mol. The lowest BCUT2D eigenvalue weighted by atomic mass is 9.83. The van der Waals surface area contributed by atoms with Crippen LogP contribution in [0.2, 0.25) is 0 Å². The molecule has 1 unspecified atom stereocenters. The molecule has 0 aromatic carbocycles. The summed E-state index contributed by atoms with van der Waals surface area (Å²) >= 11 is 0. The van der Waals surface area contributed by atoms with E-state index in [1.807, 2.05) is 0 Å². The maximum absolute atomic E-state index is 3.53. The Morgan fingerprint density at radius 3 is 2.47 bits per heavy atom. The third kappa shape index (κ3) is 4.52. The molecule has 0 aromatic heterocycles. The molecule has 0 spiro atoms. The van der Waals surface area contributed by atoms with Crippen LogP contribution >= 0.6 is 0 Å². The molecule has 1 fully saturated rings. The second-order valence-electron chi connectivity index (χ2n) is 6.15. The van der Waals surface area contributed by atoms with E-state index in [0.717, 1.165) is 6.54 Å². The van der Waals surface area contributed by atoms with Crippen molar-refractivity contribution >= 4 is 0 Å². The molecule has 1 rings (SSSR count). The van der Waals surface area contributed by atoms with Crippen LogP contribution in [0.3, 0.4) is 0 Å². The summed E-state index contributed by atoms with van der Waals surface area (Å²) in [6.45, 7) is 15.2. The molecule has 2 nitrogen and oxygen atoms in total. The van der Waals surface area contributed by atoms with Gasteiger partial charge >= 0.3 is 0 Å². The third-order valence-electron chi connectivity index (χ3n) is 3.37. The molecule has 1 aliphatic rings. The van der Waals surface area contributed by atoms with Gasteiger partial charge in [0.25, 0.3) is 0 Å². The van der Waals surface area contributed by atoms with E-state index in [9.17, 15) is 0 Å². The van der Waals surface area contributed by atoms with Crippen molar-refractivity contribution in [3.63, 3.8) is 0 Å². The minimum atomic E-state index is 0.518. The van der Waals surface area contributed by atoms with Crippen LogP contribution in [0.5, 0.6) is 0 Å². The van der Waals surface area contributed by atoms with E-state index in [-0.39, 0.29) is 0 Å². The summed E-state index contributed by atoms with van der Waals surface area (Å²) in [5.41, 5.74) is 0.518. The molecule has 15 heavy (non-hydrogen) atoms. The number of rotatable bonds is 4. The summed E-state index contributed by atoms with van der Waals surface area (Å²) < 4.78 is 0. The number of hydrogen-bond donors (Lipinski definition) is 1. The van der Waals surface area contributed by atoms with Crippen LogP contribution in [0.15, 0.2) is 0 Å². The van der Waals surface area contributed by atoms with Gasteiger partial charge in [0.1, 0.15) is 0 Å². The molecule has 90 valence electrons. The molecule has 1 N–H and O–H groups in total. The van der Waals surface area contributed by atoms with Crippen LogP contribution in [-0.4, -0.2) is 36.6 Å². The quantitative estimate of drug-likeness (QED) is 0.770. The van der Waals surface area contributed by atoms with Gasteiger partial charge in [-0.25, -0.2) is 0 Å². The fourth-order valence-electron chi connectivity index (χ4n) is 2.38. The fraction of sp³-hybridized carbons (Fsp3) is 1.00. The van der Waals surface area contributed by atoms with Gasteiger partial charge in [0, 0.05) is 25.2 Å².